The summed E-state index contributed by atoms with van der Waals surface area (Å²) in [6, 6.07) is 7.97. The number of rotatable bonds is 2. The van der Waals surface area contributed by atoms with Crippen LogP contribution in [0.5, 0.6) is 5.75 Å². The molecular weight excluding hydrogens is 343 g/mol. The second-order valence-corrected chi connectivity index (χ2v) is 5.41. The SMILES string of the molecule is O=c1c(I)cncn1CC1COc2ccccc21. The van der Waals surface area contributed by atoms with Crippen LogP contribution in [0.2, 0.25) is 0 Å². The smallest absolute Gasteiger partial charge is 0.266 e. The van der Waals surface area contributed by atoms with Gasteiger partial charge in [0.05, 0.1) is 16.5 Å². The van der Waals surface area contributed by atoms with E-state index in [-0.39, 0.29) is 11.5 Å². The highest BCUT2D eigenvalue weighted by Crippen LogP contribution is 2.33. The molecule has 0 fully saturated rings. The summed E-state index contributed by atoms with van der Waals surface area (Å²) in [5, 5.41) is 0. The molecule has 3 rings (SSSR count). The molecule has 0 saturated carbocycles. The van der Waals surface area contributed by atoms with Gasteiger partial charge in [-0.05, 0) is 28.7 Å². The van der Waals surface area contributed by atoms with Crippen molar-refractivity contribution in [3.05, 3.63) is 56.3 Å². The molecule has 2 heterocycles. The molecule has 2 aromatic rings. The molecule has 1 aliphatic heterocycles. The van der Waals surface area contributed by atoms with Gasteiger partial charge in [0.15, 0.2) is 0 Å². The summed E-state index contributed by atoms with van der Waals surface area (Å²) in [6.45, 7) is 1.23. The first-order valence-electron chi connectivity index (χ1n) is 5.67. The maximum absolute atomic E-state index is 11.9. The zero-order chi connectivity index (χ0) is 12.5. The second-order valence-electron chi connectivity index (χ2n) is 4.24. The quantitative estimate of drug-likeness (QED) is 0.776. The molecule has 4 nitrogen and oxygen atoms in total. The summed E-state index contributed by atoms with van der Waals surface area (Å²) >= 11 is 2.01. The predicted molar refractivity (Wildman–Crippen MR) is 75.9 cm³/mol. The molecule has 1 unspecified atom stereocenters. The minimum atomic E-state index is 0.00924. The Hall–Kier alpha value is -1.37. The fourth-order valence-corrected chi connectivity index (χ4v) is 2.64. The van der Waals surface area contributed by atoms with Gasteiger partial charge in [-0.2, -0.15) is 0 Å². The molecule has 18 heavy (non-hydrogen) atoms. The number of aromatic nitrogens is 2. The summed E-state index contributed by atoms with van der Waals surface area (Å²) in [6.07, 6.45) is 3.17. The molecule has 1 aromatic heterocycles. The van der Waals surface area contributed by atoms with Crippen LogP contribution in [0.25, 0.3) is 0 Å². The van der Waals surface area contributed by atoms with Crippen molar-refractivity contribution in [3.63, 3.8) is 0 Å². The van der Waals surface area contributed by atoms with E-state index in [2.05, 4.69) is 11.1 Å². The Bertz CT molecular complexity index is 639. The number of hydrogen-bond donors (Lipinski definition) is 0. The van der Waals surface area contributed by atoms with Gasteiger partial charge in [0.1, 0.15) is 5.75 Å². The molecular formula is C13H11IN2O2. The monoisotopic (exact) mass is 354 g/mol. The van der Waals surface area contributed by atoms with Crippen LogP contribution in [0.15, 0.2) is 41.6 Å². The van der Waals surface area contributed by atoms with Crippen LogP contribution in [0.1, 0.15) is 11.5 Å². The normalized spacial score (nSPS) is 17.3. The Morgan fingerprint density at radius 2 is 2.28 bits per heavy atom. The van der Waals surface area contributed by atoms with Gasteiger partial charge in [0.25, 0.3) is 5.56 Å². The van der Waals surface area contributed by atoms with Gasteiger partial charge in [-0.3, -0.25) is 9.36 Å². The van der Waals surface area contributed by atoms with Crippen LogP contribution in [0.4, 0.5) is 0 Å². The third-order valence-corrected chi connectivity index (χ3v) is 3.81. The van der Waals surface area contributed by atoms with Gasteiger partial charge < -0.3 is 4.74 Å². The number of benzene rings is 1. The third kappa shape index (κ3) is 2.03. The molecule has 0 bridgehead atoms. The highest BCUT2D eigenvalue weighted by molar-refractivity contribution is 14.1. The van der Waals surface area contributed by atoms with Crippen molar-refractivity contribution >= 4 is 22.6 Å². The van der Waals surface area contributed by atoms with Crippen molar-refractivity contribution in [2.24, 2.45) is 0 Å². The average molecular weight is 354 g/mol. The van der Waals surface area contributed by atoms with Gasteiger partial charge >= 0.3 is 0 Å². The van der Waals surface area contributed by atoms with Crippen molar-refractivity contribution in [2.75, 3.05) is 6.61 Å². The Balaban J connectivity index is 1.91. The lowest BCUT2D eigenvalue weighted by Crippen LogP contribution is -2.25. The second kappa shape index (κ2) is 4.72. The van der Waals surface area contributed by atoms with E-state index < -0.39 is 0 Å². The average Bonchev–Trinajstić information content (AvgIpc) is 2.79. The van der Waals surface area contributed by atoms with Crippen molar-refractivity contribution in [3.8, 4) is 5.75 Å². The first kappa shape index (κ1) is 11.7. The van der Waals surface area contributed by atoms with Crippen molar-refractivity contribution in [1.82, 2.24) is 9.55 Å². The minimum absolute atomic E-state index is 0.00924. The molecule has 0 aliphatic carbocycles. The molecule has 0 N–H and O–H groups in total. The van der Waals surface area contributed by atoms with Crippen LogP contribution in [-0.2, 0) is 6.54 Å². The standard InChI is InChI=1S/C13H11IN2O2/c14-11-5-15-8-16(13(11)17)6-9-7-18-12-4-2-1-3-10(9)12/h1-5,8-9H,6-7H2. The van der Waals surface area contributed by atoms with E-state index in [1.54, 1.807) is 17.1 Å². The summed E-state index contributed by atoms with van der Waals surface area (Å²) in [4.78, 5) is 16.0. The fraction of sp³-hybridized carbons (Fsp3) is 0.231. The number of para-hydroxylation sites is 1. The predicted octanol–water partition coefficient (Wildman–Crippen LogP) is 2.02. The molecule has 92 valence electrons. The lowest BCUT2D eigenvalue weighted by Gasteiger charge is -2.10. The molecule has 5 heteroatoms. The van der Waals surface area contributed by atoms with E-state index in [9.17, 15) is 4.79 Å². The zero-order valence-electron chi connectivity index (χ0n) is 9.54. The Labute approximate surface area is 118 Å². The van der Waals surface area contributed by atoms with Crippen LogP contribution in [-0.4, -0.2) is 16.2 Å². The van der Waals surface area contributed by atoms with Gasteiger partial charge in [0.2, 0.25) is 0 Å². The number of nitrogens with zero attached hydrogens (tertiary/aromatic N) is 2. The van der Waals surface area contributed by atoms with Crippen LogP contribution in [0.3, 0.4) is 0 Å². The lowest BCUT2D eigenvalue weighted by atomic mass is 10.0. The van der Waals surface area contributed by atoms with Gasteiger partial charge in [-0.15, -0.1) is 0 Å². The van der Waals surface area contributed by atoms with Crippen LogP contribution < -0.4 is 10.3 Å². The highest BCUT2D eigenvalue weighted by atomic mass is 127. The summed E-state index contributed by atoms with van der Waals surface area (Å²) in [5.74, 6) is 1.15. The molecule has 0 radical (unpaired) electrons. The van der Waals surface area contributed by atoms with E-state index in [4.69, 9.17) is 4.74 Å². The largest absolute Gasteiger partial charge is 0.493 e. The summed E-state index contributed by atoms with van der Waals surface area (Å²) in [5.41, 5.74) is 1.18. The Kier molecular flexibility index (Phi) is 3.07. The Morgan fingerprint density at radius 1 is 1.44 bits per heavy atom. The zero-order valence-corrected chi connectivity index (χ0v) is 11.7. The minimum Gasteiger partial charge on any atom is -0.493 e. The van der Waals surface area contributed by atoms with E-state index in [1.165, 1.54) is 5.56 Å². The molecule has 1 atom stereocenters. The van der Waals surface area contributed by atoms with Crippen LogP contribution >= 0.6 is 22.6 Å². The first-order chi connectivity index (χ1) is 8.75. The highest BCUT2D eigenvalue weighted by Gasteiger charge is 2.24. The topological polar surface area (TPSA) is 44.1 Å². The van der Waals surface area contributed by atoms with E-state index in [0.717, 1.165) is 5.75 Å². The lowest BCUT2D eigenvalue weighted by molar-refractivity contribution is 0.317. The van der Waals surface area contributed by atoms with Gasteiger partial charge in [0, 0.05) is 24.2 Å². The third-order valence-electron chi connectivity index (χ3n) is 3.08. The van der Waals surface area contributed by atoms with Crippen molar-refractivity contribution in [1.29, 1.82) is 0 Å². The maximum Gasteiger partial charge on any atom is 0.266 e. The molecule has 1 aromatic carbocycles. The van der Waals surface area contributed by atoms with Crippen LogP contribution in [0, 0.1) is 3.57 Å². The molecule has 0 amide bonds. The van der Waals surface area contributed by atoms with Gasteiger partial charge in [-0.25, -0.2) is 4.98 Å². The van der Waals surface area contributed by atoms with E-state index in [0.29, 0.717) is 16.7 Å². The number of halogens is 1. The number of fused-ring (bicyclic) bond motifs is 1. The molecule has 0 saturated heterocycles. The molecule has 0 spiro atoms. The molecule has 1 aliphatic rings. The summed E-state index contributed by atoms with van der Waals surface area (Å²) in [7, 11) is 0. The van der Waals surface area contributed by atoms with E-state index in [1.807, 2.05) is 40.8 Å². The van der Waals surface area contributed by atoms with Gasteiger partial charge in [-0.1, -0.05) is 18.2 Å². The van der Waals surface area contributed by atoms with Crippen molar-refractivity contribution in [2.45, 2.75) is 12.5 Å². The first-order valence-corrected chi connectivity index (χ1v) is 6.75. The maximum atomic E-state index is 11.9. The Morgan fingerprint density at radius 3 is 3.17 bits per heavy atom. The fourth-order valence-electron chi connectivity index (χ4n) is 2.17. The number of ether oxygens (including phenoxy) is 1. The van der Waals surface area contributed by atoms with Crippen molar-refractivity contribution < 1.29 is 4.74 Å². The number of hydrogen-bond acceptors (Lipinski definition) is 3. The van der Waals surface area contributed by atoms with E-state index >= 15 is 0 Å². The summed E-state index contributed by atoms with van der Waals surface area (Å²) < 4.78 is 7.91.